The SMILES string of the molecule is CN1CCCC2C1CCN2S(=O)(=O)NC(O)NC1C2CCCC2CC2CCCC21. The lowest BCUT2D eigenvalue weighted by molar-refractivity contribution is 0.0346. The normalized spacial score (nSPS) is 44.4. The standard InChI is InChI=1S/C21H38N4O3S/c1-24-11-4-9-19-18(24)10-12-25(19)29(27,28)23-21(26)22-20-16-7-2-5-14(16)13-15-6-3-8-17(15)20/h14-23,26H,2-13H2,1H3. The van der Waals surface area contributed by atoms with E-state index in [0.29, 0.717) is 24.4 Å². The molecule has 8 heteroatoms. The summed E-state index contributed by atoms with van der Waals surface area (Å²) in [5, 5.41) is 14.1. The van der Waals surface area contributed by atoms with Gasteiger partial charge in [-0.3, -0.25) is 5.32 Å². The van der Waals surface area contributed by atoms with Crippen molar-refractivity contribution in [2.24, 2.45) is 23.7 Å². The van der Waals surface area contributed by atoms with Crippen molar-refractivity contribution in [3.63, 3.8) is 0 Å². The Balaban J connectivity index is 1.25. The van der Waals surface area contributed by atoms with E-state index >= 15 is 0 Å². The largest absolute Gasteiger partial charge is 0.365 e. The summed E-state index contributed by atoms with van der Waals surface area (Å²) in [4.78, 5) is 2.29. The van der Waals surface area contributed by atoms with E-state index in [0.717, 1.165) is 37.6 Å². The van der Waals surface area contributed by atoms with Crippen molar-refractivity contribution < 1.29 is 13.5 Å². The highest BCUT2D eigenvalue weighted by Crippen LogP contribution is 2.52. The number of nitrogens with one attached hydrogen (secondary N) is 2. The number of aliphatic hydroxyl groups excluding tert-OH is 1. The molecular weight excluding hydrogens is 388 g/mol. The third-order valence-corrected chi connectivity index (χ3v) is 10.5. The number of hydrogen-bond acceptors (Lipinski definition) is 5. The first-order valence-electron chi connectivity index (χ1n) is 11.9. The fourth-order valence-corrected chi connectivity index (χ4v) is 9.15. The predicted octanol–water partition coefficient (Wildman–Crippen LogP) is 1.46. The van der Waals surface area contributed by atoms with Gasteiger partial charge >= 0.3 is 0 Å². The van der Waals surface area contributed by atoms with Crippen LogP contribution in [0.25, 0.3) is 0 Å². The minimum atomic E-state index is -3.70. The third-order valence-electron chi connectivity index (χ3n) is 8.92. The number of nitrogens with zero attached hydrogens (tertiary/aromatic N) is 2. The van der Waals surface area contributed by atoms with Gasteiger partial charge in [-0.25, -0.2) is 0 Å². The molecule has 29 heavy (non-hydrogen) atoms. The Morgan fingerprint density at radius 3 is 2.28 bits per heavy atom. The summed E-state index contributed by atoms with van der Waals surface area (Å²) in [6.07, 6.45) is 10.6. The summed E-state index contributed by atoms with van der Waals surface area (Å²) >= 11 is 0. The monoisotopic (exact) mass is 426 g/mol. The number of hydrogen-bond donors (Lipinski definition) is 3. The number of fused-ring (bicyclic) bond motifs is 3. The van der Waals surface area contributed by atoms with E-state index in [1.807, 2.05) is 0 Å². The van der Waals surface area contributed by atoms with E-state index in [-0.39, 0.29) is 12.1 Å². The molecule has 3 saturated carbocycles. The Morgan fingerprint density at radius 1 is 0.897 bits per heavy atom. The zero-order chi connectivity index (χ0) is 20.2. The maximum Gasteiger partial charge on any atom is 0.282 e. The third kappa shape index (κ3) is 3.78. The zero-order valence-electron chi connectivity index (χ0n) is 17.7. The predicted molar refractivity (Wildman–Crippen MR) is 112 cm³/mol. The van der Waals surface area contributed by atoms with Gasteiger partial charge in [0.1, 0.15) is 0 Å². The van der Waals surface area contributed by atoms with E-state index in [2.05, 4.69) is 22.0 Å². The maximum absolute atomic E-state index is 13.1. The highest BCUT2D eigenvalue weighted by Gasteiger charge is 2.49. The molecule has 7 atom stereocenters. The lowest BCUT2D eigenvalue weighted by Gasteiger charge is -2.44. The Labute approximate surface area is 175 Å². The second-order valence-corrected chi connectivity index (χ2v) is 12.0. The van der Waals surface area contributed by atoms with E-state index in [4.69, 9.17) is 0 Å². The van der Waals surface area contributed by atoms with Crippen LogP contribution in [-0.4, -0.2) is 67.3 Å². The molecule has 0 aromatic rings. The summed E-state index contributed by atoms with van der Waals surface area (Å²) in [6, 6.07) is 0.586. The van der Waals surface area contributed by atoms with E-state index < -0.39 is 16.6 Å². The molecule has 5 rings (SSSR count). The van der Waals surface area contributed by atoms with Gasteiger partial charge in [-0.15, -0.1) is 0 Å². The Kier molecular flexibility index (Phi) is 5.71. The molecule has 7 nitrogen and oxygen atoms in total. The molecule has 3 aliphatic carbocycles. The molecule has 3 N–H and O–H groups in total. The molecule has 7 unspecified atom stereocenters. The first kappa shape index (κ1) is 20.6. The summed E-state index contributed by atoms with van der Waals surface area (Å²) < 4.78 is 30.4. The van der Waals surface area contributed by atoms with Crippen molar-refractivity contribution in [3.05, 3.63) is 0 Å². The fraction of sp³-hybridized carbons (Fsp3) is 1.00. The van der Waals surface area contributed by atoms with E-state index in [9.17, 15) is 13.5 Å². The van der Waals surface area contributed by atoms with Crippen molar-refractivity contribution in [1.29, 1.82) is 0 Å². The first-order valence-corrected chi connectivity index (χ1v) is 13.3. The van der Waals surface area contributed by atoms with Crippen LogP contribution in [0.3, 0.4) is 0 Å². The Hall–Kier alpha value is -0.250. The number of aliphatic hydroxyl groups is 1. The van der Waals surface area contributed by atoms with Gasteiger partial charge in [0.25, 0.3) is 10.2 Å². The molecule has 0 amide bonds. The molecule has 5 aliphatic rings. The molecule has 166 valence electrons. The van der Waals surface area contributed by atoms with Crippen molar-refractivity contribution in [3.8, 4) is 0 Å². The first-order chi connectivity index (χ1) is 13.9. The number of likely N-dealkylation sites (N-methyl/N-ethyl adjacent to an activating group) is 1. The van der Waals surface area contributed by atoms with E-state index in [1.165, 1.54) is 44.9 Å². The van der Waals surface area contributed by atoms with Crippen LogP contribution in [0.2, 0.25) is 0 Å². The van der Waals surface area contributed by atoms with Crippen LogP contribution in [0.15, 0.2) is 0 Å². The van der Waals surface area contributed by atoms with Gasteiger partial charge in [0, 0.05) is 24.7 Å². The van der Waals surface area contributed by atoms with E-state index in [1.54, 1.807) is 4.31 Å². The summed E-state index contributed by atoms with van der Waals surface area (Å²) in [5.74, 6) is 2.70. The Bertz CT molecular complexity index is 684. The lowest BCUT2D eigenvalue weighted by Crippen LogP contribution is -2.59. The molecule has 0 radical (unpaired) electrons. The number of piperidine rings is 1. The Morgan fingerprint density at radius 2 is 1.59 bits per heavy atom. The number of likely N-dealkylation sites (tertiary alicyclic amines) is 1. The van der Waals surface area contributed by atoms with Gasteiger partial charge < -0.3 is 10.0 Å². The highest BCUT2D eigenvalue weighted by molar-refractivity contribution is 7.87. The van der Waals surface area contributed by atoms with Crippen LogP contribution < -0.4 is 10.0 Å². The smallest absolute Gasteiger partial charge is 0.282 e. The number of rotatable bonds is 5. The lowest BCUT2D eigenvalue weighted by atomic mass is 9.67. The summed E-state index contributed by atoms with van der Waals surface area (Å²) in [7, 11) is -1.61. The molecule has 2 aliphatic heterocycles. The summed E-state index contributed by atoms with van der Waals surface area (Å²) in [6.45, 7) is 1.58. The molecule has 2 heterocycles. The summed E-state index contributed by atoms with van der Waals surface area (Å²) in [5.41, 5.74) is 0. The van der Waals surface area contributed by atoms with Crippen LogP contribution in [-0.2, 0) is 10.2 Å². The van der Waals surface area contributed by atoms with Crippen molar-refractivity contribution >= 4 is 10.2 Å². The second kappa shape index (κ2) is 8.02. The van der Waals surface area contributed by atoms with Gasteiger partial charge in [-0.1, -0.05) is 25.7 Å². The second-order valence-electron chi connectivity index (χ2n) is 10.3. The van der Waals surface area contributed by atoms with Gasteiger partial charge in [0.15, 0.2) is 6.35 Å². The van der Waals surface area contributed by atoms with Gasteiger partial charge in [-0.2, -0.15) is 17.4 Å². The van der Waals surface area contributed by atoms with Gasteiger partial charge in [-0.05, 0) is 75.8 Å². The molecule has 0 aromatic carbocycles. The highest BCUT2D eigenvalue weighted by atomic mass is 32.2. The quantitative estimate of drug-likeness (QED) is 0.580. The molecule has 2 saturated heterocycles. The van der Waals surface area contributed by atoms with Gasteiger partial charge in [0.05, 0.1) is 0 Å². The molecule has 0 spiro atoms. The minimum Gasteiger partial charge on any atom is -0.365 e. The average molecular weight is 427 g/mol. The van der Waals surface area contributed by atoms with Crippen LogP contribution in [0.4, 0.5) is 0 Å². The minimum absolute atomic E-state index is 0.0338. The van der Waals surface area contributed by atoms with Crippen molar-refractivity contribution in [1.82, 2.24) is 19.2 Å². The van der Waals surface area contributed by atoms with Gasteiger partial charge in [0.2, 0.25) is 0 Å². The van der Waals surface area contributed by atoms with Crippen LogP contribution in [0.5, 0.6) is 0 Å². The molecule has 5 fully saturated rings. The van der Waals surface area contributed by atoms with Crippen molar-refractivity contribution in [2.45, 2.75) is 88.7 Å². The van der Waals surface area contributed by atoms with Crippen LogP contribution in [0.1, 0.15) is 64.2 Å². The van der Waals surface area contributed by atoms with Crippen molar-refractivity contribution in [2.75, 3.05) is 20.1 Å². The van der Waals surface area contributed by atoms with Crippen LogP contribution in [0, 0.1) is 23.7 Å². The molecule has 0 bridgehead atoms. The molecule has 0 aromatic heterocycles. The maximum atomic E-state index is 13.1. The topological polar surface area (TPSA) is 84.9 Å². The fourth-order valence-electron chi connectivity index (χ4n) is 7.71. The molecular formula is C21H38N4O3S. The van der Waals surface area contributed by atoms with Crippen LogP contribution >= 0.6 is 0 Å². The average Bonchev–Trinajstić information content (AvgIpc) is 3.40. The zero-order valence-corrected chi connectivity index (χ0v) is 18.5.